The number of fused-ring (bicyclic) bond motifs is 1. The SMILES string of the molecule is CCc1ccc(-c2c(-c3ccccc3P)oc3nc[nH]c(=O)c23)cc1. The minimum atomic E-state index is -0.198. The molecule has 4 nitrogen and oxygen atoms in total. The van der Waals surface area contributed by atoms with Gasteiger partial charge >= 0.3 is 0 Å². The third kappa shape index (κ3) is 2.69. The normalized spacial score (nSPS) is 11.1. The Labute approximate surface area is 147 Å². The highest BCUT2D eigenvalue weighted by atomic mass is 31.0. The van der Waals surface area contributed by atoms with E-state index >= 15 is 0 Å². The predicted octanol–water partition coefficient (Wildman–Crippen LogP) is 3.91. The van der Waals surface area contributed by atoms with Crippen molar-refractivity contribution in [3.8, 4) is 22.5 Å². The Kier molecular flexibility index (Phi) is 3.98. The molecule has 1 unspecified atom stereocenters. The van der Waals surface area contributed by atoms with Crippen LogP contribution in [0.4, 0.5) is 0 Å². The first-order chi connectivity index (χ1) is 12.2. The molecule has 0 aliphatic rings. The molecule has 0 radical (unpaired) electrons. The van der Waals surface area contributed by atoms with Gasteiger partial charge in [-0.2, -0.15) is 0 Å². The second-order valence-corrected chi connectivity index (χ2v) is 6.48. The number of hydrogen-bond donors (Lipinski definition) is 1. The summed E-state index contributed by atoms with van der Waals surface area (Å²) in [6.45, 7) is 2.12. The Hall–Kier alpha value is -2.71. The molecule has 5 heteroatoms. The van der Waals surface area contributed by atoms with Crippen LogP contribution < -0.4 is 10.9 Å². The van der Waals surface area contributed by atoms with E-state index in [1.165, 1.54) is 11.9 Å². The van der Waals surface area contributed by atoms with Crippen molar-refractivity contribution in [1.29, 1.82) is 0 Å². The Morgan fingerprint density at radius 1 is 1.12 bits per heavy atom. The summed E-state index contributed by atoms with van der Waals surface area (Å²) < 4.78 is 6.01. The molecule has 25 heavy (non-hydrogen) atoms. The van der Waals surface area contributed by atoms with Crippen molar-refractivity contribution in [2.45, 2.75) is 13.3 Å². The zero-order valence-electron chi connectivity index (χ0n) is 13.7. The molecule has 0 spiro atoms. The fourth-order valence-electron chi connectivity index (χ4n) is 3.02. The topological polar surface area (TPSA) is 58.9 Å². The third-order valence-electron chi connectivity index (χ3n) is 4.35. The van der Waals surface area contributed by atoms with Crippen molar-refractivity contribution >= 4 is 25.6 Å². The fourth-order valence-corrected chi connectivity index (χ4v) is 3.36. The van der Waals surface area contributed by atoms with Crippen LogP contribution in [-0.4, -0.2) is 9.97 Å². The van der Waals surface area contributed by atoms with Crippen molar-refractivity contribution < 1.29 is 4.42 Å². The van der Waals surface area contributed by atoms with Gasteiger partial charge in [-0.1, -0.05) is 55.5 Å². The van der Waals surface area contributed by atoms with E-state index in [2.05, 4.69) is 38.3 Å². The highest BCUT2D eigenvalue weighted by Gasteiger charge is 2.21. The maximum absolute atomic E-state index is 12.5. The summed E-state index contributed by atoms with van der Waals surface area (Å²) in [5.74, 6) is 0.661. The maximum Gasteiger partial charge on any atom is 0.262 e. The second kappa shape index (κ2) is 6.30. The molecule has 2 heterocycles. The Balaban J connectivity index is 2.08. The van der Waals surface area contributed by atoms with Crippen LogP contribution in [0.25, 0.3) is 33.6 Å². The molecule has 0 amide bonds. The average molecular weight is 348 g/mol. The lowest BCUT2D eigenvalue weighted by molar-refractivity contribution is 0.618. The monoisotopic (exact) mass is 348 g/mol. The molecular weight excluding hydrogens is 331 g/mol. The van der Waals surface area contributed by atoms with Crippen LogP contribution in [0.3, 0.4) is 0 Å². The van der Waals surface area contributed by atoms with Crippen molar-refractivity contribution in [3.63, 3.8) is 0 Å². The Morgan fingerprint density at radius 3 is 2.60 bits per heavy atom. The first-order valence-electron chi connectivity index (χ1n) is 8.13. The third-order valence-corrected chi connectivity index (χ3v) is 4.85. The van der Waals surface area contributed by atoms with Crippen molar-refractivity contribution in [2.24, 2.45) is 0 Å². The molecular formula is C20H17N2O2P. The first-order valence-corrected chi connectivity index (χ1v) is 8.71. The van der Waals surface area contributed by atoms with Crippen LogP contribution in [0.5, 0.6) is 0 Å². The van der Waals surface area contributed by atoms with Gasteiger partial charge in [0.05, 0.1) is 6.33 Å². The van der Waals surface area contributed by atoms with Gasteiger partial charge in [-0.25, -0.2) is 4.98 Å². The lowest BCUT2D eigenvalue weighted by atomic mass is 9.98. The summed E-state index contributed by atoms with van der Waals surface area (Å²) >= 11 is 0. The number of H-pyrrole nitrogens is 1. The van der Waals surface area contributed by atoms with Crippen molar-refractivity contribution in [1.82, 2.24) is 9.97 Å². The number of aromatic amines is 1. The van der Waals surface area contributed by atoms with Gasteiger partial charge in [0.15, 0.2) is 0 Å². The van der Waals surface area contributed by atoms with Crippen LogP contribution >= 0.6 is 9.24 Å². The number of hydrogen-bond acceptors (Lipinski definition) is 3. The summed E-state index contributed by atoms with van der Waals surface area (Å²) in [5, 5.41) is 1.49. The zero-order chi connectivity index (χ0) is 17.4. The van der Waals surface area contributed by atoms with E-state index in [0.29, 0.717) is 16.9 Å². The van der Waals surface area contributed by atoms with Crippen LogP contribution in [-0.2, 0) is 6.42 Å². The molecule has 0 fully saturated rings. The van der Waals surface area contributed by atoms with Gasteiger partial charge < -0.3 is 9.40 Å². The van der Waals surface area contributed by atoms with Gasteiger partial charge in [0.25, 0.3) is 5.56 Å². The fraction of sp³-hybridized carbons (Fsp3) is 0.100. The van der Waals surface area contributed by atoms with Crippen LogP contribution in [0.2, 0.25) is 0 Å². The largest absolute Gasteiger partial charge is 0.437 e. The number of nitrogens with zero attached hydrogens (tertiary/aromatic N) is 1. The number of benzene rings is 2. The predicted molar refractivity (Wildman–Crippen MR) is 104 cm³/mol. The molecule has 2 aromatic carbocycles. The van der Waals surface area contributed by atoms with E-state index < -0.39 is 0 Å². The smallest absolute Gasteiger partial charge is 0.262 e. The Bertz CT molecular complexity index is 1110. The molecule has 2 aromatic heterocycles. The number of rotatable bonds is 3. The van der Waals surface area contributed by atoms with Crippen LogP contribution in [0, 0.1) is 0 Å². The Morgan fingerprint density at radius 2 is 1.88 bits per heavy atom. The first kappa shape index (κ1) is 15.8. The summed E-state index contributed by atoms with van der Waals surface area (Å²) in [6, 6.07) is 16.1. The quantitative estimate of drug-likeness (QED) is 0.571. The summed E-state index contributed by atoms with van der Waals surface area (Å²) in [6.07, 6.45) is 2.34. The number of aryl methyl sites for hydroxylation is 1. The number of aromatic nitrogens is 2. The van der Waals surface area contributed by atoms with Crippen molar-refractivity contribution in [3.05, 3.63) is 70.8 Å². The van der Waals surface area contributed by atoms with Gasteiger partial charge in [0.2, 0.25) is 5.71 Å². The van der Waals surface area contributed by atoms with Gasteiger partial charge in [-0.15, -0.1) is 9.24 Å². The van der Waals surface area contributed by atoms with E-state index in [-0.39, 0.29) is 5.56 Å². The molecule has 0 aliphatic heterocycles. The summed E-state index contributed by atoms with van der Waals surface area (Å²) in [5.41, 5.74) is 4.05. The summed E-state index contributed by atoms with van der Waals surface area (Å²) in [7, 11) is 2.72. The van der Waals surface area contributed by atoms with E-state index in [9.17, 15) is 4.79 Å². The van der Waals surface area contributed by atoms with E-state index in [0.717, 1.165) is 28.4 Å². The molecule has 0 bridgehead atoms. The minimum absolute atomic E-state index is 0.198. The molecule has 0 aliphatic carbocycles. The molecule has 0 saturated carbocycles. The molecule has 1 atom stereocenters. The maximum atomic E-state index is 12.5. The molecule has 124 valence electrons. The van der Waals surface area contributed by atoms with E-state index in [1.54, 1.807) is 0 Å². The lowest BCUT2D eigenvalue weighted by Crippen LogP contribution is -2.05. The van der Waals surface area contributed by atoms with E-state index in [1.807, 2.05) is 36.4 Å². The van der Waals surface area contributed by atoms with Gasteiger partial charge in [0, 0.05) is 11.1 Å². The molecule has 4 aromatic rings. The second-order valence-electron chi connectivity index (χ2n) is 5.86. The highest BCUT2D eigenvalue weighted by Crippen LogP contribution is 2.38. The van der Waals surface area contributed by atoms with Gasteiger partial charge in [0.1, 0.15) is 11.1 Å². The molecule has 1 N–H and O–H groups in total. The van der Waals surface area contributed by atoms with Crippen LogP contribution in [0.1, 0.15) is 12.5 Å². The average Bonchev–Trinajstić information content (AvgIpc) is 3.03. The van der Waals surface area contributed by atoms with Crippen LogP contribution in [0.15, 0.2) is 64.1 Å². The minimum Gasteiger partial charge on any atom is -0.437 e. The number of nitrogens with one attached hydrogen (secondary N) is 1. The van der Waals surface area contributed by atoms with E-state index in [4.69, 9.17) is 4.42 Å². The van der Waals surface area contributed by atoms with Gasteiger partial charge in [-0.05, 0) is 22.9 Å². The highest BCUT2D eigenvalue weighted by molar-refractivity contribution is 7.28. The molecule has 4 rings (SSSR count). The lowest BCUT2D eigenvalue weighted by Gasteiger charge is -2.07. The molecule has 0 saturated heterocycles. The summed E-state index contributed by atoms with van der Waals surface area (Å²) in [4.78, 5) is 19.3. The standard InChI is InChI=1S/C20H17N2O2P/c1-2-12-7-9-13(10-8-12)16-17-19(23)21-11-22-20(17)24-18(16)14-5-3-4-6-15(14)25/h3-11H,2,25H2,1H3,(H,21,22,23). The van der Waals surface area contributed by atoms with Crippen molar-refractivity contribution in [2.75, 3.05) is 0 Å². The van der Waals surface area contributed by atoms with Gasteiger partial charge in [-0.3, -0.25) is 4.79 Å². The zero-order valence-corrected chi connectivity index (χ0v) is 14.9. The number of furan rings is 1.